The smallest absolute Gasteiger partial charge is 0.416 e. The summed E-state index contributed by atoms with van der Waals surface area (Å²) in [6, 6.07) is 12.2. The minimum absolute atomic E-state index is 0.214. The summed E-state index contributed by atoms with van der Waals surface area (Å²) < 4.78 is 44.1. The fourth-order valence-corrected chi connectivity index (χ4v) is 3.66. The molecule has 0 aliphatic heterocycles. The number of rotatable bonds is 3. The van der Waals surface area contributed by atoms with Crippen LogP contribution in [0.4, 0.5) is 13.2 Å². The first-order chi connectivity index (χ1) is 13.4. The van der Waals surface area contributed by atoms with Gasteiger partial charge in [0.1, 0.15) is 6.61 Å². The molecule has 3 aromatic rings. The maximum Gasteiger partial charge on any atom is 0.416 e. The Hall–Kier alpha value is -2.89. The van der Waals surface area contributed by atoms with Gasteiger partial charge in [0.05, 0.1) is 16.6 Å². The molecule has 0 fully saturated rings. The summed E-state index contributed by atoms with van der Waals surface area (Å²) in [4.78, 5) is 17.6. The zero-order valence-electron chi connectivity index (χ0n) is 15.1. The highest BCUT2D eigenvalue weighted by molar-refractivity contribution is 6.05. The van der Waals surface area contributed by atoms with Gasteiger partial charge in [0, 0.05) is 11.1 Å². The Balaban J connectivity index is 1.65. The zero-order chi connectivity index (χ0) is 19.7. The van der Waals surface area contributed by atoms with Gasteiger partial charge in [-0.3, -0.25) is 4.98 Å². The van der Waals surface area contributed by atoms with Crippen LogP contribution < -0.4 is 0 Å². The molecule has 0 spiro atoms. The maximum atomic E-state index is 12.9. The van der Waals surface area contributed by atoms with E-state index in [2.05, 4.69) is 4.98 Å². The number of carbonyl (C=O) groups is 1. The molecule has 0 radical (unpaired) electrons. The highest BCUT2D eigenvalue weighted by atomic mass is 19.4. The minimum atomic E-state index is -4.43. The van der Waals surface area contributed by atoms with Crippen molar-refractivity contribution in [1.82, 2.24) is 4.98 Å². The average Bonchev–Trinajstić information content (AvgIpc) is 2.69. The van der Waals surface area contributed by atoms with E-state index < -0.39 is 17.7 Å². The normalized spacial score (nSPS) is 14.0. The first kappa shape index (κ1) is 18.5. The lowest BCUT2D eigenvalue weighted by Gasteiger charge is -2.20. The van der Waals surface area contributed by atoms with Gasteiger partial charge in [-0.1, -0.05) is 30.3 Å². The van der Waals surface area contributed by atoms with Gasteiger partial charge in [0.25, 0.3) is 0 Å². The monoisotopic (exact) mass is 385 g/mol. The Labute approximate surface area is 160 Å². The van der Waals surface area contributed by atoms with Crippen LogP contribution in [0.2, 0.25) is 0 Å². The van der Waals surface area contributed by atoms with E-state index in [0.717, 1.165) is 60.0 Å². The number of aromatic nitrogens is 1. The maximum absolute atomic E-state index is 12.9. The van der Waals surface area contributed by atoms with Crippen molar-refractivity contribution >= 4 is 16.9 Å². The van der Waals surface area contributed by atoms with Crippen LogP contribution in [-0.2, 0) is 30.4 Å². The van der Waals surface area contributed by atoms with Crippen molar-refractivity contribution in [1.29, 1.82) is 0 Å². The second kappa shape index (κ2) is 7.26. The number of hydrogen-bond acceptors (Lipinski definition) is 3. The number of alkyl halides is 3. The lowest BCUT2D eigenvalue weighted by atomic mass is 9.90. The number of hydrogen-bond donors (Lipinski definition) is 0. The number of nitrogens with zero attached hydrogens (tertiary/aromatic N) is 1. The second-order valence-corrected chi connectivity index (χ2v) is 6.91. The lowest BCUT2D eigenvalue weighted by Crippen LogP contribution is -2.15. The van der Waals surface area contributed by atoms with Gasteiger partial charge >= 0.3 is 12.1 Å². The topological polar surface area (TPSA) is 39.2 Å². The van der Waals surface area contributed by atoms with E-state index in [1.165, 1.54) is 12.1 Å². The molecule has 0 bridgehead atoms. The van der Waals surface area contributed by atoms with Crippen LogP contribution in [0.1, 0.15) is 45.6 Å². The van der Waals surface area contributed by atoms with Crippen molar-refractivity contribution in [2.75, 3.05) is 0 Å². The SMILES string of the molecule is O=C(OCc1cccc(C(F)(F)F)c1)c1c2c(nc3ccccc13)CCCC2. The number of para-hydroxylation sites is 1. The molecule has 3 nitrogen and oxygen atoms in total. The summed E-state index contributed by atoms with van der Waals surface area (Å²) in [5.41, 5.74) is 2.58. The molecule has 0 saturated heterocycles. The van der Waals surface area contributed by atoms with Gasteiger partial charge in [-0.25, -0.2) is 4.79 Å². The summed E-state index contributed by atoms with van der Waals surface area (Å²) >= 11 is 0. The number of pyridine rings is 1. The van der Waals surface area contributed by atoms with Crippen molar-refractivity contribution in [3.63, 3.8) is 0 Å². The molecule has 0 saturated carbocycles. The number of benzene rings is 2. The minimum Gasteiger partial charge on any atom is -0.457 e. The molecular formula is C22H18F3NO2. The van der Waals surface area contributed by atoms with Crippen LogP contribution in [0.15, 0.2) is 48.5 Å². The Morgan fingerprint density at radius 1 is 1.04 bits per heavy atom. The van der Waals surface area contributed by atoms with Crippen LogP contribution in [0.25, 0.3) is 10.9 Å². The van der Waals surface area contributed by atoms with Crippen LogP contribution in [0, 0.1) is 0 Å². The number of fused-ring (bicyclic) bond motifs is 2. The standard InChI is InChI=1S/C22H18F3NO2/c23-22(24,25)15-7-5-6-14(12-15)13-28-21(27)20-16-8-1-3-10-18(16)26-19-11-4-2-9-17(19)20/h1,3,5-8,10,12H,2,4,9,11,13H2. The fraction of sp³-hybridized carbons (Fsp3) is 0.273. The summed E-state index contributed by atoms with van der Waals surface area (Å²) in [5.74, 6) is -0.519. The molecule has 1 heterocycles. The summed E-state index contributed by atoms with van der Waals surface area (Å²) in [7, 11) is 0. The highest BCUT2D eigenvalue weighted by Gasteiger charge is 2.30. The molecular weight excluding hydrogens is 367 g/mol. The lowest BCUT2D eigenvalue weighted by molar-refractivity contribution is -0.137. The molecule has 1 aliphatic carbocycles. The molecule has 2 aromatic carbocycles. The summed E-state index contributed by atoms with van der Waals surface area (Å²) in [6.07, 6.45) is -0.867. The van der Waals surface area contributed by atoms with Gasteiger partial charge in [-0.2, -0.15) is 13.2 Å². The fourth-order valence-electron chi connectivity index (χ4n) is 3.66. The molecule has 4 rings (SSSR count). The molecule has 1 aliphatic rings. The summed E-state index contributed by atoms with van der Waals surface area (Å²) in [5, 5.41) is 0.720. The Morgan fingerprint density at radius 3 is 2.64 bits per heavy atom. The van der Waals surface area contributed by atoms with Gasteiger partial charge in [-0.15, -0.1) is 0 Å². The largest absolute Gasteiger partial charge is 0.457 e. The summed E-state index contributed by atoms with van der Waals surface area (Å²) in [6.45, 7) is -0.214. The highest BCUT2D eigenvalue weighted by Crippen LogP contribution is 2.31. The van der Waals surface area contributed by atoms with Gasteiger partial charge in [0.2, 0.25) is 0 Å². The van der Waals surface area contributed by atoms with Gasteiger partial charge in [-0.05, 0) is 55.0 Å². The second-order valence-electron chi connectivity index (χ2n) is 6.91. The van der Waals surface area contributed by atoms with Crippen molar-refractivity contribution in [3.8, 4) is 0 Å². The Kier molecular flexibility index (Phi) is 4.79. The molecule has 144 valence electrons. The van der Waals surface area contributed by atoms with E-state index >= 15 is 0 Å². The predicted octanol–water partition coefficient (Wildman–Crippen LogP) is 5.49. The third kappa shape index (κ3) is 3.59. The Bertz CT molecular complexity index is 1040. The molecule has 1 aromatic heterocycles. The van der Waals surface area contributed by atoms with Gasteiger partial charge in [0.15, 0.2) is 0 Å². The Morgan fingerprint density at radius 2 is 1.82 bits per heavy atom. The van der Waals surface area contributed by atoms with Crippen LogP contribution in [-0.4, -0.2) is 11.0 Å². The van der Waals surface area contributed by atoms with Crippen LogP contribution in [0.5, 0.6) is 0 Å². The predicted molar refractivity (Wildman–Crippen MR) is 98.9 cm³/mol. The van der Waals surface area contributed by atoms with E-state index in [1.807, 2.05) is 24.3 Å². The molecule has 28 heavy (non-hydrogen) atoms. The number of ether oxygens (including phenoxy) is 1. The average molecular weight is 385 g/mol. The molecule has 0 atom stereocenters. The van der Waals surface area contributed by atoms with Crippen molar-refractivity contribution in [3.05, 3.63) is 76.5 Å². The number of halogens is 3. The van der Waals surface area contributed by atoms with Gasteiger partial charge < -0.3 is 4.74 Å². The first-order valence-electron chi connectivity index (χ1n) is 9.17. The first-order valence-corrected chi connectivity index (χ1v) is 9.17. The van der Waals surface area contributed by atoms with E-state index in [1.54, 1.807) is 0 Å². The third-order valence-corrected chi connectivity index (χ3v) is 5.00. The molecule has 0 N–H and O–H groups in total. The van der Waals surface area contributed by atoms with Crippen LogP contribution in [0.3, 0.4) is 0 Å². The van der Waals surface area contributed by atoms with Crippen molar-refractivity contribution < 1.29 is 22.7 Å². The quantitative estimate of drug-likeness (QED) is 0.560. The van der Waals surface area contributed by atoms with Crippen molar-refractivity contribution in [2.24, 2.45) is 0 Å². The van der Waals surface area contributed by atoms with E-state index in [9.17, 15) is 18.0 Å². The zero-order valence-corrected chi connectivity index (χ0v) is 15.1. The van der Waals surface area contributed by atoms with Crippen LogP contribution >= 0.6 is 0 Å². The van der Waals surface area contributed by atoms with E-state index in [0.29, 0.717) is 11.1 Å². The number of esters is 1. The van der Waals surface area contributed by atoms with Crippen molar-refractivity contribution in [2.45, 2.75) is 38.5 Å². The molecule has 0 amide bonds. The molecule has 0 unspecified atom stereocenters. The third-order valence-electron chi connectivity index (χ3n) is 5.00. The number of aryl methyl sites for hydroxylation is 1. The van der Waals surface area contributed by atoms with E-state index in [4.69, 9.17) is 4.74 Å². The van der Waals surface area contributed by atoms with E-state index in [-0.39, 0.29) is 6.61 Å². The number of carbonyl (C=O) groups excluding carboxylic acids is 1. The molecule has 6 heteroatoms.